The van der Waals surface area contributed by atoms with E-state index in [4.69, 9.17) is 10.6 Å². The van der Waals surface area contributed by atoms with Gasteiger partial charge in [0.1, 0.15) is 17.6 Å². The molecule has 0 amide bonds. The van der Waals surface area contributed by atoms with Crippen molar-refractivity contribution >= 4 is 17.5 Å². The van der Waals surface area contributed by atoms with Crippen LogP contribution in [0.15, 0.2) is 48.1 Å². The SMILES string of the molecule is COC(=O)/C=C/ON=C(N)c1cnc2ccccn12. The normalized spacial score (nSPS) is 11.9. The zero-order valence-corrected chi connectivity index (χ0v) is 10.2. The lowest BCUT2D eigenvalue weighted by atomic mass is 10.4. The topological polar surface area (TPSA) is 91.2 Å². The van der Waals surface area contributed by atoms with Gasteiger partial charge in [-0.25, -0.2) is 9.78 Å². The van der Waals surface area contributed by atoms with Gasteiger partial charge in [-0.15, -0.1) is 0 Å². The van der Waals surface area contributed by atoms with Gasteiger partial charge >= 0.3 is 5.97 Å². The van der Waals surface area contributed by atoms with Crippen LogP contribution in [-0.4, -0.2) is 28.3 Å². The summed E-state index contributed by atoms with van der Waals surface area (Å²) in [6.45, 7) is 0. The fraction of sp³-hybridized carbons (Fsp3) is 0.0833. The number of imidazole rings is 1. The Morgan fingerprint density at radius 3 is 3.16 bits per heavy atom. The lowest BCUT2D eigenvalue weighted by Crippen LogP contribution is -2.15. The average Bonchev–Trinajstić information content (AvgIpc) is 2.87. The van der Waals surface area contributed by atoms with Crippen LogP contribution in [0.2, 0.25) is 0 Å². The third-order valence-corrected chi connectivity index (χ3v) is 2.30. The van der Waals surface area contributed by atoms with Crippen molar-refractivity contribution in [3.63, 3.8) is 0 Å². The summed E-state index contributed by atoms with van der Waals surface area (Å²) in [6.07, 6.45) is 5.57. The van der Waals surface area contributed by atoms with Gasteiger partial charge in [0.2, 0.25) is 0 Å². The Morgan fingerprint density at radius 2 is 2.37 bits per heavy atom. The van der Waals surface area contributed by atoms with Crippen LogP contribution in [0.3, 0.4) is 0 Å². The van der Waals surface area contributed by atoms with Crippen LogP contribution in [-0.2, 0) is 14.4 Å². The number of nitrogens with zero attached hydrogens (tertiary/aromatic N) is 3. The number of aromatic nitrogens is 2. The van der Waals surface area contributed by atoms with Gasteiger partial charge in [-0.05, 0) is 12.1 Å². The van der Waals surface area contributed by atoms with E-state index in [1.54, 1.807) is 10.6 Å². The maximum atomic E-state index is 10.8. The Kier molecular flexibility index (Phi) is 3.77. The quantitative estimate of drug-likeness (QED) is 0.218. The Balaban J connectivity index is 2.13. The van der Waals surface area contributed by atoms with Gasteiger partial charge in [-0.1, -0.05) is 11.2 Å². The standard InChI is InChI=1S/C12H12N4O3/c1-18-11(17)5-7-19-15-12(13)9-8-14-10-4-2-3-6-16(9)10/h2-8H,1H3,(H2,13,15)/b7-5+. The molecule has 2 rings (SSSR count). The fourth-order valence-corrected chi connectivity index (χ4v) is 1.41. The van der Waals surface area contributed by atoms with Gasteiger partial charge in [0.25, 0.3) is 0 Å². The second-order valence-electron chi connectivity index (χ2n) is 3.48. The Morgan fingerprint density at radius 1 is 1.53 bits per heavy atom. The first-order chi connectivity index (χ1) is 9.22. The zero-order chi connectivity index (χ0) is 13.7. The highest BCUT2D eigenvalue weighted by atomic mass is 16.6. The van der Waals surface area contributed by atoms with E-state index < -0.39 is 5.97 Å². The molecule has 7 heteroatoms. The molecule has 0 aromatic carbocycles. The van der Waals surface area contributed by atoms with E-state index in [2.05, 4.69) is 14.9 Å². The second kappa shape index (κ2) is 5.67. The molecule has 0 bridgehead atoms. The summed E-state index contributed by atoms with van der Waals surface area (Å²) < 4.78 is 6.16. The molecule has 0 saturated carbocycles. The molecule has 0 aliphatic rings. The molecular formula is C12H12N4O3. The lowest BCUT2D eigenvalue weighted by Gasteiger charge is -1.99. The van der Waals surface area contributed by atoms with Crippen molar-refractivity contribution in [2.75, 3.05) is 7.11 Å². The largest absolute Gasteiger partial charge is 0.466 e. The summed E-state index contributed by atoms with van der Waals surface area (Å²) in [7, 11) is 1.27. The maximum Gasteiger partial charge on any atom is 0.333 e. The molecule has 2 heterocycles. The van der Waals surface area contributed by atoms with Crippen LogP contribution in [0, 0.1) is 0 Å². The zero-order valence-electron chi connectivity index (χ0n) is 10.2. The Labute approximate surface area is 108 Å². The van der Waals surface area contributed by atoms with Crippen LogP contribution in [0.5, 0.6) is 0 Å². The number of rotatable bonds is 4. The summed E-state index contributed by atoms with van der Waals surface area (Å²) in [6, 6.07) is 5.56. The number of ether oxygens (including phenoxy) is 1. The highest BCUT2D eigenvalue weighted by Gasteiger charge is 2.06. The highest BCUT2D eigenvalue weighted by Crippen LogP contribution is 2.05. The second-order valence-corrected chi connectivity index (χ2v) is 3.48. The third kappa shape index (κ3) is 2.89. The number of carbonyl (C=O) groups is 1. The summed E-state index contributed by atoms with van der Waals surface area (Å²) >= 11 is 0. The summed E-state index contributed by atoms with van der Waals surface area (Å²) in [5, 5.41) is 3.66. The first kappa shape index (κ1) is 12.6. The van der Waals surface area contributed by atoms with Crippen LogP contribution < -0.4 is 5.73 Å². The number of carbonyl (C=O) groups excluding carboxylic acids is 1. The van der Waals surface area contributed by atoms with Gasteiger partial charge < -0.3 is 15.3 Å². The molecule has 0 aliphatic heterocycles. The molecule has 2 N–H and O–H groups in total. The molecule has 0 aliphatic carbocycles. The number of oxime groups is 1. The number of fused-ring (bicyclic) bond motifs is 1. The van der Waals surface area contributed by atoms with Gasteiger partial charge in [0.15, 0.2) is 5.84 Å². The predicted octanol–water partition coefficient (Wildman–Crippen LogP) is 0.658. The monoisotopic (exact) mass is 260 g/mol. The molecule has 0 saturated heterocycles. The summed E-state index contributed by atoms with van der Waals surface area (Å²) in [5.41, 5.74) is 7.12. The smallest absolute Gasteiger partial charge is 0.333 e. The van der Waals surface area contributed by atoms with E-state index in [1.165, 1.54) is 7.11 Å². The molecular weight excluding hydrogens is 248 g/mol. The molecule has 98 valence electrons. The Hall–Kier alpha value is -2.83. The molecule has 0 atom stereocenters. The molecule has 2 aromatic rings. The number of pyridine rings is 1. The number of hydrogen-bond acceptors (Lipinski definition) is 5. The molecule has 7 nitrogen and oxygen atoms in total. The van der Waals surface area contributed by atoms with Crippen LogP contribution in [0.1, 0.15) is 5.69 Å². The van der Waals surface area contributed by atoms with Crippen molar-refractivity contribution in [3.05, 3.63) is 48.6 Å². The number of amidine groups is 1. The van der Waals surface area contributed by atoms with E-state index in [9.17, 15) is 4.79 Å². The molecule has 0 radical (unpaired) electrons. The van der Waals surface area contributed by atoms with Crippen molar-refractivity contribution in [2.45, 2.75) is 0 Å². The minimum Gasteiger partial charge on any atom is -0.466 e. The lowest BCUT2D eigenvalue weighted by molar-refractivity contribution is -0.135. The minimum absolute atomic E-state index is 0.146. The fourth-order valence-electron chi connectivity index (χ4n) is 1.41. The van der Waals surface area contributed by atoms with E-state index >= 15 is 0 Å². The predicted molar refractivity (Wildman–Crippen MR) is 68.2 cm³/mol. The molecule has 2 aromatic heterocycles. The van der Waals surface area contributed by atoms with Crippen molar-refractivity contribution < 1.29 is 14.4 Å². The minimum atomic E-state index is -0.538. The molecule has 0 fully saturated rings. The molecule has 0 spiro atoms. The van der Waals surface area contributed by atoms with Crippen molar-refractivity contribution in [2.24, 2.45) is 10.9 Å². The van der Waals surface area contributed by atoms with Gasteiger partial charge in [-0.2, -0.15) is 0 Å². The number of methoxy groups -OCH3 is 1. The number of hydrogen-bond donors (Lipinski definition) is 1. The van der Waals surface area contributed by atoms with E-state index in [0.717, 1.165) is 18.0 Å². The first-order valence-corrected chi connectivity index (χ1v) is 5.38. The van der Waals surface area contributed by atoms with E-state index in [-0.39, 0.29) is 5.84 Å². The molecule has 0 unspecified atom stereocenters. The van der Waals surface area contributed by atoms with Crippen molar-refractivity contribution in [3.8, 4) is 0 Å². The van der Waals surface area contributed by atoms with Gasteiger partial charge in [-0.3, -0.25) is 4.40 Å². The highest BCUT2D eigenvalue weighted by molar-refractivity contribution is 5.96. The summed E-state index contributed by atoms with van der Waals surface area (Å²) in [5.74, 6) is -0.392. The third-order valence-electron chi connectivity index (χ3n) is 2.30. The Bertz CT molecular complexity index is 645. The summed E-state index contributed by atoms with van der Waals surface area (Å²) in [4.78, 5) is 19.7. The molecule has 19 heavy (non-hydrogen) atoms. The van der Waals surface area contributed by atoms with E-state index in [0.29, 0.717) is 5.69 Å². The first-order valence-electron chi connectivity index (χ1n) is 5.38. The number of nitrogens with two attached hydrogens (primary N) is 1. The number of esters is 1. The average molecular weight is 260 g/mol. The van der Waals surface area contributed by atoms with Crippen LogP contribution in [0.4, 0.5) is 0 Å². The maximum absolute atomic E-state index is 10.8. The van der Waals surface area contributed by atoms with Crippen LogP contribution >= 0.6 is 0 Å². The van der Waals surface area contributed by atoms with Crippen molar-refractivity contribution in [1.82, 2.24) is 9.38 Å². The van der Waals surface area contributed by atoms with Crippen molar-refractivity contribution in [1.29, 1.82) is 0 Å². The van der Waals surface area contributed by atoms with Gasteiger partial charge in [0, 0.05) is 6.20 Å². The van der Waals surface area contributed by atoms with Crippen LogP contribution in [0.25, 0.3) is 5.65 Å². The van der Waals surface area contributed by atoms with Gasteiger partial charge in [0.05, 0.1) is 19.4 Å². The van der Waals surface area contributed by atoms with E-state index in [1.807, 2.05) is 24.4 Å².